The van der Waals surface area contributed by atoms with E-state index in [4.69, 9.17) is 9.84 Å². The number of ether oxygens (including phenoxy) is 1. The summed E-state index contributed by atoms with van der Waals surface area (Å²) in [6.07, 6.45) is -4.50. The normalized spacial score (nSPS) is 30.2. The third kappa shape index (κ3) is 4.81. The Bertz CT molecular complexity index is 590. The van der Waals surface area contributed by atoms with Gasteiger partial charge in [0, 0.05) is 0 Å². The van der Waals surface area contributed by atoms with Gasteiger partial charge in [-0.15, -0.1) is 0 Å². The van der Waals surface area contributed by atoms with E-state index >= 15 is 0 Å². The van der Waals surface area contributed by atoms with Gasteiger partial charge >= 0.3 is 0 Å². The minimum atomic E-state index is -1.52. The van der Waals surface area contributed by atoms with Crippen molar-refractivity contribution >= 4 is 5.91 Å². The van der Waals surface area contributed by atoms with Crippen LogP contribution in [-0.4, -0.2) is 63.6 Å². The molecule has 0 saturated carbocycles. The predicted octanol–water partition coefficient (Wildman–Crippen LogP) is -0.0953. The summed E-state index contributed by atoms with van der Waals surface area (Å²) in [5.74, 6) is -0.358. The first-order valence-electron chi connectivity index (χ1n) is 8.94. The number of amides is 1. The first-order chi connectivity index (χ1) is 12.2. The average molecular weight is 367 g/mol. The summed E-state index contributed by atoms with van der Waals surface area (Å²) >= 11 is 0. The summed E-state index contributed by atoms with van der Waals surface area (Å²) in [6.45, 7) is 5.46. The number of carbonyl (C=O) groups excluding carboxylic acids is 1. The van der Waals surface area contributed by atoms with E-state index in [1.165, 1.54) is 5.56 Å². The maximum Gasteiger partial charge on any atom is 0.227 e. The van der Waals surface area contributed by atoms with E-state index in [2.05, 4.69) is 19.2 Å². The molecule has 6 unspecified atom stereocenters. The average Bonchev–Trinajstić information content (AvgIpc) is 2.61. The first-order valence-corrected chi connectivity index (χ1v) is 8.94. The minimum Gasteiger partial charge on any atom is -0.394 e. The molecular formula is C19H29NO6. The largest absolute Gasteiger partial charge is 0.394 e. The number of aliphatic hydroxyl groups is 4. The fraction of sp³-hybridized carbons (Fsp3) is 0.632. The van der Waals surface area contributed by atoms with Crippen LogP contribution in [0.15, 0.2) is 24.3 Å². The van der Waals surface area contributed by atoms with Crippen LogP contribution in [0, 0.1) is 5.92 Å². The van der Waals surface area contributed by atoms with Crippen molar-refractivity contribution in [1.29, 1.82) is 0 Å². The van der Waals surface area contributed by atoms with Crippen molar-refractivity contribution in [2.45, 2.75) is 63.8 Å². The standard InChI is InChI=1S/C19H29NO6/c1-10(2)8-12-4-6-13(7-5-12)11(3)18(24)20-15-17(23)16(22)14(9-21)26-19(15)25/h4-7,10-11,14-17,19,21-23,25H,8-9H2,1-3H3,(H,20,24). The molecule has 0 bridgehead atoms. The van der Waals surface area contributed by atoms with Crippen LogP contribution in [0.2, 0.25) is 0 Å². The molecule has 5 N–H and O–H groups in total. The van der Waals surface area contributed by atoms with E-state index in [-0.39, 0.29) is 0 Å². The summed E-state index contributed by atoms with van der Waals surface area (Å²) in [5.41, 5.74) is 2.01. The van der Waals surface area contributed by atoms with Gasteiger partial charge in [0.1, 0.15) is 24.4 Å². The topological polar surface area (TPSA) is 119 Å². The second kappa shape index (κ2) is 8.92. The maximum absolute atomic E-state index is 12.5. The van der Waals surface area contributed by atoms with Gasteiger partial charge in [-0.25, -0.2) is 0 Å². The molecule has 0 spiro atoms. The van der Waals surface area contributed by atoms with Crippen molar-refractivity contribution in [3.63, 3.8) is 0 Å². The van der Waals surface area contributed by atoms with Crippen LogP contribution in [0.5, 0.6) is 0 Å². The fourth-order valence-electron chi connectivity index (χ4n) is 3.11. The molecule has 0 aliphatic carbocycles. The van der Waals surface area contributed by atoms with E-state index < -0.39 is 49.1 Å². The molecule has 1 fully saturated rings. The van der Waals surface area contributed by atoms with Crippen molar-refractivity contribution in [3.8, 4) is 0 Å². The number of rotatable bonds is 6. The zero-order chi connectivity index (χ0) is 19.4. The highest BCUT2D eigenvalue weighted by Crippen LogP contribution is 2.22. The molecule has 1 heterocycles. The lowest BCUT2D eigenvalue weighted by molar-refractivity contribution is -0.253. The molecule has 146 valence electrons. The quantitative estimate of drug-likeness (QED) is 0.479. The number of nitrogens with one attached hydrogen (secondary N) is 1. The van der Waals surface area contributed by atoms with Crippen molar-refractivity contribution < 1.29 is 30.0 Å². The predicted molar refractivity (Wildman–Crippen MR) is 95.3 cm³/mol. The molecule has 1 aliphatic heterocycles. The third-order valence-electron chi connectivity index (χ3n) is 4.73. The van der Waals surface area contributed by atoms with Gasteiger partial charge in [0.05, 0.1) is 12.5 Å². The van der Waals surface area contributed by atoms with E-state index in [9.17, 15) is 20.1 Å². The molecule has 7 heteroatoms. The Labute approximate surface area is 153 Å². The maximum atomic E-state index is 12.5. The van der Waals surface area contributed by atoms with Crippen LogP contribution in [0.3, 0.4) is 0 Å². The van der Waals surface area contributed by atoms with E-state index in [1.807, 2.05) is 24.3 Å². The molecule has 0 radical (unpaired) electrons. The summed E-state index contributed by atoms with van der Waals surface area (Å²) < 4.78 is 5.05. The smallest absolute Gasteiger partial charge is 0.227 e. The SMILES string of the molecule is CC(C)Cc1ccc(C(C)C(=O)NC2C(O)OC(CO)C(O)C2O)cc1. The Hall–Kier alpha value is -1.51. The molecule has 2 rings (SSSR count). The summed E-state index contributed by atoms with van der Waals surface area (Å²) in [7, 11) is 0. The third-order valence-corrected chi connectivity index (χ3v) is 4.73. The number of carbonyl (C=O) groups is 1. The molecule has 1 aliphatic rings. The van der Waals surface area contributed by atoms with Crippen molar-refractivity contribution in [1.82, 2.24) is 5.32 Å². The molecule has 1 aromatic rings. The molecule has 6 atom stereocenters. The zero-order valence-electron chi connectivity index (χ0n) is 15.4. The molecule has 1 saturated heterocycles. The Morgan fingerprint density at radius 3 is 2.27 bits per heavy atom. The highest BCUT2D eigenvalue weighted by atomic mass is 16.6. The molecule has 26 heavy (non-hydrogen) atoms. The Morgan fingerprint density at radius 1 is 1.12 bits per heavy atom. The monoisotopic (exact) mass is 367 g/mol. The minimum absolute atomic E-state index is 0.400. The summed E-state index contributed by atoms with van der Waals surface area (Å²) in [5, 5.41) is 41.6. The van der Waals surface area contributed by atoms with Crippen molar-refractivity contribution in [3.05, 3.63) is 35.4 Å². The van der Waals surface area contributed by atoms with Gasteiger partial charge in [0.25, 0.3) is 0 Å². The number of hydrogen-bond donors (Lipinski definition) is 5. The van der Waals surface area contributed by atoms with Crippen LogP contribution in [0.4, 0.5) is 0 Å². The Balaban J connectivity index is 2.02. The van der Waals surface area contributed by atoms with Crippen LogP contribution in [0.1, 0.15) is 37.8 Å². The van der Waals surface area contributed by atoms with Gasteiger partial charge < -0.3 is 30.5 Å². The zero-order valence-corrected chi connectivity index (χ0v) is 15.4. The molecule has 1 aromatic carbocycles. The van der Waals surface area contributed by atoms with Gasteiger partial charge in [-0.1, -0.05) is 38.1 Å². The van der Waals surface area contributed by atoms with Crippen LogP contribution in [-0.2, 0) is 16.0 Å². The Kier molecular flexibility index (Phi) is 7.14. The molecular weight excluding hydrogens is 338 g/mol. The molecule has 0 aromatic heterocycles. The second-order valence-corrected chi connectivity index (χ2v) is 7.32. The second-order valence-electron chi connectivity index (χ2n) is 7.32. The lowest BCUT2D eigenvalue weighted by Gasteiger charge is -2.40. The van der Waals surface area contributed by atoms with E-state index in [0.717, 1.165) is 12.0 Å². The number of aliphatic hydroxyl groups excluding tert-OH is 4. The van der Waals surface area contributed by atoms with Gasteiger partial charge in [-0.3, -0.25) is 4.79 Å². The Morgan fingerprint density at radius 2 is 1.73 bits per heavy atom. The van der Waals surface area contributed by atoms with Crippen LogP contribution < -0.4 is 5.32 Å². The number of benzene rings is 1. The van der Waals surface area contributed by atoms with Crippen LogP contribution in [0.25, 0.3) is 0 Å². The summed E-state index contributed by atoms with van der Waals surface area (Å²) in [6, 6.07) is 6.58. The van der Waals surface area contributed by atoms with Gasteiger partial charge in [-0.2, -0.15) is 0 Å². The lowest BCUT2D eigenvalue weighted by atomic mass is 9.94. The highest BCUT2D eigenvalue weighted by molar-refractivity contribution is 5.83. The van der Waals surface area contributed by atoms with E-state index in [1.54, 1.807) is 6.92 Å². The summed E-state index contributed by atoms with van der Waals surface area (Å²) in [4.78, 5) is 12.5. The molecule has 7 nitrogen and oxygen atoms in total. The lowest BCUT2D eigenvalue weighted by Crippen LogP contribution is -2.64. The van der Waals surface area contributed by atoms with Gasteiger partial charge in [0.2, 0.25) is 5.91 Å². The van der Waals surface area contributed by atoms with Crippen LogP contribution >= 0.6 is 0 Å². The number of hydrogen-bond acceptors (Lipinski definition) is 6. The van der Waals surface area contributed by atoms with E-state index in [0.29, 0.717) is 5.92 Å². The fourth-order valence-corrected chi connectivity index (χ4v) is 3.11. The highest BCUT2D eigenvalue weighted by Gasteiger charge is 2.44. The molecule has 1 amide bonds. The van der Waals surface area contributed by atoms with Crippen molar-refractivity contribution in [2.24, 2.45) is 5.92 Å². The first kappa shape index (κ1) is 20.8. The van der Waals surface area contributed by atoms with Crippen molar-refractivity contribution in [2.75, 3.05) is 6.61 Å². The van der Waals surface area contributed by atoms with Gasteiger partial charge in [-0.05, 0) is 30.4 Å². The van der Waals surface area contributed by atoms with Gasteiger partial charge in [0.15, 0.2) is 6.29 Å².